The van der Waals surface area contributed by atoms with E-state index in [9.17, 15) is 19.5 Å². The van der Waals surface area contributed by atoms with Gasteiger partial charge in [-0.25, -0.2) is 9.97 Å². The number of rotatable bonds is 15. The van der Waals surface area contributed by atoms with Crippen molar-refractivity contribution in [2.75, 3.05) is 66.7 Å². The second-order valence-corrected chi connectivity index (χ2v) is 15.9. The number of pyridine rings is 1. The molecule has 1 atom stereocenters. The molecule has 15 nitrogen and oxygen atoms in total. The normalized spacial score (nSPS) is 16.0. The maximum absolute atomic E-state index is 13.0. The number of furan rings is 1. The molecule has 5 heterocycles. The van der Waals surface area contributed by atoms with Crippen LogP contribution in [0.3, 0.4) is 0 Å². The molecule has 3 aromatic heterocycles. The Hall–Kier alpha value is -6.84. The van der Waals surface area contributed by atoms with Crippen molar-refractivity contribution in [2.24, 2.45) is 0 Å². The van der Waals surface area contributed by atoms with E-state index in [1.165, 1.54) is 6.20 Å². The summed E-state index contributed by atoms with van der Waals surface area (Å²) >= 11 is 0. The van der Waals surface area contributed by atoms with Crippen LogP contribution in [0.1, 0.15) is 60.6 Å². The average Bonchev–Trinajstić information content (AvgIpc) is 3.69. The van der Waals surface area contributed by atoms with Crippen LogP contribution in [0.15, 0.2) is 102 Å². The zero-order valence-corrected chi connectivity index (χ0v) is 34.3. The third-order valence-corrected chi connectivity index (χ3v) is 11.1. The number of aliphatic hydroxyl groups is 1. The molecule has 0 spiro atoms. The number of nitrogens with one attached hydrogen (secondary N) is 5. The second-order valence-electron chi connectivity index (χ2n) is 15.9. The number of imide groups is 1. The van der Waals surface area contributed by atoms with Crippen LogP contribution in [0.2, 0.25) is 0 Å². The van der Waals surface area contributed by atoms with Gasteiger partial charge >= 0.3 is 0 Å². The van der Waals surface area contributed by atoms with Crippen molar-refractivity contribution in [2.45, 2.75) is 44.6 Å². The second kappa shape index (κ2) is 17.8. The number of carbonyl (C=O) groups is 3. The van der Waals surface area contributed by atoms with E-state index in [2.05, 4.69) is 88.2 Å². The molecule has 2 saturated heterocycles. The summed E-state index contributed by atoms with van der Waals surface area (Å²) < 4.78 is 5.84. The van der Waals surface area contributed by atoms with Gasteiger partial charge in [-0.1, -0.05) is 24.3 Å². The predicted molar refractivity (Wildman–Crippen MR) is 238 cm³/mol. The van der Waals surface area contributed by atoms with Gasteiger partial charge in [-0.05, 0) is 98.6 Å². The van der Waals surface area contributed by atoms with Gasteiger partial charge in [0.25, 0.3) is 5.91 Å². The molecule has 0 aliphatic carbocycles. The highest BCUT2D eigenvalue weighted by molar-refractivity contribution is 6.11. The fourth-order valence-electron chi connectivity index (χ4n) is 7.83. The van der Waals surface area contributed by atoms with Crippen LogP contribution in [0, 0.1) is 0 Å². The maximum Gasteiger partial charge on any atom is 0.256 e. The number of benzene rings is 3. The molecule has 6 aromatic rings. The SMILES string of the molecule is C=CCNC(=O)c1cnc(Nc2ccc(N3CCN(CCCNc4ccc5c(ccc6occ(C7CCC(=O)NC7=O)c65)c4)CC3)cc2)nc1Nc1cccc(C(C)(C)O)n1. The molecule has 3 amide bonds. The molecule has 2 fully saturated rings. The summed E-state index contributed by atoms with van der Waals surface area (Å²) in [7, 11) is 0. The average molecular weight is 823 g/mol. The Morgan fingerprint density at radius 2 is 1.80 bits per heavy atom. The van der Waals surface area contributed by atoms with E-state index in [-0.39, 0.29) is 35.6 Å². The molecule has 0 radical (unpaired) electrons. The van der Waals surface area contributed by atoms with Crippen molar-refractivity contribution >= 4 is 74.1 Å². The number of anilines is 6. The number of carbonyl (C=O) groups excluding carboxylic acids is 3. The summed E-state index contributed by atoms with van der Waals surface area (Å²) in [6.07, 6.45) is 6.52. The molecular formula is C46H50N10O5. The van der Waals surface area contributed by atoms with Crippen molar-refractivity contribution in [1.29, 1.82) is 0 Å². The van der Waals surface area contributed by atoms with Gasteiger partial charge in [0.1, 0.15) is 28.4 Å². The lowest BCUT2D eigenvalue weighted by atomic mass is 9.89. The molecule has 3 aromatic carbocycles. The Morgan fingerprint density at radius 1 is 1.00 bits per heavy atom. The third-order valence-electron chi connectivity index (χ3n) is 11.1. The van der Waals surface area contributed by atoms with Gasteiger partial charge < -0.3 is 35.7 Å². The molecule has 2 aliphatic heterocycles. The molecule has 1 unspecified atom stereocenters. The largest absolute Gasteiger partial charge is 0.464 e. The van der Waals surface area contributed by atoms with E-state index < -0.39 is 11.5 Å². The Morgan fingerprint density at radius 3 is 2.57 bits per heavy atom. The monoisotopic (exact) mass is 822 g/mol. The Bertz CT molecular complexity index is 2580. The van der Waals surface area contributed by atoms with Gasteiger partial charge in [0, 0.05) is 79.9 Å². The number of amides is 3. The third kappa shape index (κ3) is 9.48. The first-order valence-corrected chi connectivity index (χ1v) is 20.6. The van der Waals surface area contributed by atoms with Crippen molar-refractivity contribution in [1.82, 2.24) is 30.5 Å². The minimum atomic E-state index is -1.15. The lowest BCUT2D eigenvalue weighted by Gasteiger charge is -2.36. The zero-order chi connectivity index (χ0) is 42.5. The lowest BCUT2D eigenvalue weighted by Crippen LogP contribution is -2.46. The summed E-state index contributed by atoms with van der Waals surface area (Å²) in [6, 6.07) is 23.7. The fourth-order valence-corrected chi connectivity index (χ4v) is 7.83. The minimum Gasteiger partial charge on any atom is -0.464 e. The van der Waals surface area contributed by atoms with E-state index in [1.807, 2.05) is 24.3 Å². The van der Waals surface area contributed by atoms with Crippen molar-refractivity contribution in [3.8, 4) is 0 Å². The van der Waals surface area contributed by atoms with Crippen LogP contribution in [0.25, 0.3) is 21.7 Å². The number of hydrogen-bond donors (Lipinski definition) is 6. The topological polar surface area (TPSA) is 190 Å². The Kier molecular flexibility index (Phi) is 11.9. The minimum absolute atomic E-state index is 0.227. The number of hydrogen-bond acceptors (Lipinski definition) is 13. The number of piperazine rings is 1. The quantitative estimate of drug-likeness (QED) is 0.0372. The van der Waals surface area contributed by atoms with Crippen molar-refractivity contribution in [3.63, 3.8) is 0 Å². The van der Waals surface area contributed by atoms with Crippen molar-refractivity contribution in [3.05, 3.63) is 115 Å². The first-order valence-electron chi connectivity index (χ1n) is 20.6. The lowest BCUT2D eigenvalue weighted by molar-refractivity contribution is -0.134. The van der Waals surface area contributed by atoms with Crippen LogP contribution in [-0.4, -0.2) is 88.5 Å². The summed E-state index contributed by atoms with van der Waals surface area (Å²) in [5.74, 6) is -0.277. The van der Waals surface area contributed by atoms with Gasteiger partial charge in [0.2, 0.25) is 17.8 Å². The zero-order valence-electron chi connectivity index (χ0n) is 34.3. The fraction of sp³-hybridized carbons (Fsp3) is 0.304. The van der Waals surface area contributed by atoms with Crippen LogP contribution in [0.4, 0.5) is 34.6 Å². The van der Waals surface area contributed by atoms with Gasteiger partial charge in [-0.15, -0.1) is 6.58 Å². The van der Waals surface area contributed by atoms with Crippen LogP contribution in [-0.2, 0) is 15.2 Å². The molecule has 15 heteroatoms. The molecule has 2 aliphatic rings. The summed E-state index contributed by atoms with van der Waals surface area (Å²) in [5, 5.41) is 28.7. The summed E-state index contributed by atoms with van der Waals surface area (Å²) in [6.45, 7) is 12.9. The standard InChI is InChI=1S/C46H50N10O5/c1-4-19-48-43(58)35-27-49-45(54-42(35)52-39-8-5-7-38(51-39)46(2,3)60)50-30-10-13-32(14-11-30)56-24-22-55(23-25-56)21-6-20-47-31-12-15-33-29(26-31)9-17-37-41(33)36(28-61-37)34-16-18-40(57)53-44(34)59/h4-5,7-15,17,26-28,34,47,60H,1,6,16,18-25H2,2-3H3,(H,48,58)(H,53,57,59)(H2,49,50,51,52,54). The molecule has 0 bridgehead atoms. The van der Waals surface area contributed by atoms with Crippen molar-refractivity contribution < 1.29 is 23.9 Å². The van der Waals surface area contributed by atoms with Gasteiger partial charge in [-0.2, -0.15) is 4.98 Å². The molecule has 8 rings (SSSR count). The van der Waals surface area contributed by atoms with Crippen LogP contribution >= 0.6 is 0 Å². The van der Waals surface area contributed by atoms with E-state index in [4.69, 9.17) is 4.42 Å². The molecule has 6 N–H and O–H groups in total. The van der Waals surface area contributed by atoms with Gasteiger partial charge in [-0.3, -0.25) is 24.6 Å². The van der Waals surface area contributed by atoms with E-state index in [0.29, 0.717) is 30.3 Å². The number of nitrogens with zero attached hydrogens (tertiary/aromatic N) is 5. The predicted octanol–water partition coefficient (Wildman–Crippen LogP) is 6.55. The number of aromatic nitrogens is 3. The first kappa shape index (κ1) is 40.9. The molecule has 314 valence electrons. The van der Waals surface area contributed by atoms with Crippen LogP contribution in [0.5, 0.6) is 0 Å². The summed E-state index contributed by atoms with van der Waals surface area (Å²) in [4.78, 5) is 55.8. The van der Waals surface area contributed by atoms with Crippen LogP contribution < -0.4 is 31.5 Å². The smallest absolute Gasteiger partial charge is 0.256 e. The highest BCUT2D eigenvalue weighted by Gasteiger charge is 2.31. The van der Waals surface area contributed by atoms with E-state index in [0.717, 1.165) is 90.1 Å². The molecule has 61 heavy (non-hydrogen) atoms. The van der Waals surface area contributed by atoms with E-state index >= 15 is 0 Å². The first-order chi connectivity index (χ1) is 29.5. The number of piperidine rings is 1. The Labute approximate surface area is 353 Å². The number of fused-ring (bicyclic) bond motifs is 3. The summed E-state index contributed by atoms with van der Waals surface area (Å²) in [5.41, 5.74) is 4.10. The maximum atomic E-state index is 13.0. The molecular weight excluding hydrogens is 773 g/mol. The molecule has 0 saturated carbocycles. The van der Waals surface area contributed by atoms with E-state index in [1.54, 1.807) is 44.4 Å². The highest BCUT2D eigenvalue weighted by atomic mass is 16.3. The van der Waals surface area contributed by atoms with Gasteiger partial charge in [0.05, 0.1) is 17.9 Å². The highest BCUT2D eigenvalue weighted by Crippen LogP contribution is 2.37. The Balaban J connectivity index is 0.827. The van der Waals surface area contributed by atoms with Gasteiger partial charge in [0.15, 0.2) is 0 Å².